The molecule has 1 aromatic heterocycles. The van der Waals surface area contributed by atoms with Crippen molar-refractivity contribution in [1.29, 1.82) is 0 Å². The number of hydrogen-bond acceptors (Lipinski definition) is 4. The van der Waals surface area contributed by atoms with Crippen LogP contribution >= 0.6 is 0 Å². The van der Waals surface area contributed by atoms with E-state index in [0.717, 1.165) is 24.3 Å². The number of hydrogen-bond donors (Lipinski definition) is 1. The highest BCUT2D eigenvalue weighted by Crippen LogP contribution is 2.19. The molecule has 2 heterocycles. The number of benzene rings is 1. The molecule has 0 amide bonds. The smallest absolute Gasteiger partial charge is 0.0949 e. The van der Waals surface area contributed by atoms with Crippen LogP contribution in [0.2, 0.25) is 0 Å². The molecule has 3 rings (SSSR count). The van der Waals surface area contributed by atoms with Crippen LogP contribution in [0.4, 0.5) is 0 Å². The van der Waals surface area contributed by atoms with E-state index in [0.29, 0.717) is 6.54 Å². The molecule has 5 heteroatoms. The van der Waals surface area contributed by atoms with Crippen LogP contribution in [0.3, 0.4) is 0 Å². The highest BCUT2D eigenvalue weighted by Gasteiger charge is 2.30. The van der Waals surface area contributed by atoms with Crippen molar-refractivity contribution in [2.24, 2.45) is 15.9 Å². The minimum absolute atomic E-state index is 0.471. The molecule has 1 atom stereocenters. The summed E-state index contributed by atoms with van der Waals surface area (Å²) in [5.74, 6) is 0. The Morgan fingerprint density at radius 1 is 1.24 bits per heavy atom. The highest BCUT2D eigenvalue weighted by molar-refractivity contribution is 6.11. The zero-order valence-corrected chi connectivity index (χ0v) is 12.1. The molecule has 1 aliphatic heterocycles. The number of imidazole rings is 1. The summed E-state index contributed by atoms with van der Waals surface area (Å²) in [6.07, 6.45) is 6.97. The lowest BCUT2D eigenvalue weighted by Crippen LogP contribution is -2.47. The SMILES string of the molecule is C[C@@](N)(Cc1ccccc1)C1=NN=C(Cn2ccnc2)C1. The maximum Gasteiger partial charge on any atom is 0.0949 e. The van der Waals surface area contributed by atoms with Crippen molar-refractivity contribution in [3.8, 4) is 0 Å². The molecule has 0 radical (unpaired) electrons. The number of aromatic nitrogens is 2. The van der Waals surface area contributed by atoms with Gasteiger partial charge in [0, 0.05) is 18.8 Å². The molecule has 1 aliphatic rings. The normalized spacial score (nSPS) is 17.2. The standard InChI is InChI=1S/C16H19N5/c1-16(17,10-13-5-3-2-4-6-13)15-9-14(19-20-15)11-21-8-7-18-12-21/h2-8,12H,9-11,17H2,1H3/t16-/m1/s1. The lowest BCUT2D eigenvalue weighted by Gasteiger charge is -2.24. The van der Waals surface area contributed by atoms with E-state index < -0.39 is 5.54 Å². The lowest BCUT2D eigenvalue weighted by atomic mass is 9.87. The summed E-state index contributed by atoms with van der Waals surface area (Å²) in [6, 6.07) is 10.3. The van der Waals surface area contributed by atoms with Gasteiger partial charge < -0.3 is 10.3 Å². The van der Waals surface area contributed by atoms with Crippen LogP contribution in [0.15, 0.2) is 59.3 Å². The summed E-state index contributed by atoms with van der Waals surface area (Å²) < 4.78 is 1.99. The molecule has 0 fully saturated rings. The van der Waals surface area contributed by atoms with Gasteiger partial charge >= 0.3 is 0 Å². The fourth-order valence-electron chi connectivity index (χ4n) is 2.51. The monoisotopic (exact) mass is 281 g/mol. The zero-order chi connectivity index (χ0) is 14.7. The van der Waals surface area contributed by atoms with Crippen LogP contribution in [-0.2, 0) is 13.0 Å². The van der Waals surface area contributed by atoms with Crippen LogP contribution in [0, 0.1) is 0 Å². The second-order valence-corrected chi connectivity index (χ2v) is 5.70. The van der Waals surface area contributed by atoms with Gasteiger partial charge in [-0.05, 0) is 18.9 Å². The van der Waals surface area contributed by atoms with E-state index in [1.54, 1.807) is 12.5 Å². The Labute approximate surface area is 124 Å². The van der Waals surface area contributed by atoms with Gasteiger partial charge in [0.2, 0.25) is 0 Å². The van der Waals surface area contributed by atoms with E-state index in [4.69, 9.17) is 5.73 Å². The molecule has 2 N–H and O–H groups in total. The second kappa shape index (κ2) is 5.61. The van der Waals surface area contributed by atoms with Crippen LogP contribution < -0.4 is 5.73 Å². The third-order valence-corrected chi connectivity index (χ3v) is 3.68. The van der Waals surface area contributed by atoms with Crippen LogP contribution in [0.5, 0.6) is 0 Å². The average molecular weight is 281 g/mol. The van der Waals surface area contributed by atoms with E-state index in [2.05, 4.69) is 27.3 Å². The first-order chi connectivity index (χ1) is 10.1. The molecule has 0 spiro atoms. The van der Waals surface area contributed by atoms with Gasteiger partial charge in [-0.1, -0.05) is 30.3 Å². The van der Waals surface area contributed by atoms with Gasteiger partial charge in [-0.15, -0.1) is 0 Å². The first-order valence-corrected chi connectivity index (χ1v) is 7.05. The molecule has 5 nitrogen and oxygen atoms in total. The number of rotatable bonds is 5. The molecule has 1 aromatic carbocycles. The Morgan fingerprint density at radius 2 is 2.05 bits per heavy atom. The van der Waals surface area contributed by atoms with E-state index in [1.165, 1.54) is 5.56 Å². The van der Waals surface area contributed by atoms with Gasteiger partial charge in [0.15, 0.2) is 0 Å². The third-order valence-electron chi connectivity index (χ3n) is 3.68. The number of nitrogens with zero attached hydrogens (tertiary/aromatic N) is 4. The maximum atomic E-state index is 6.47. The molecule has 0 unspecified atom stereocenters. The first-order valence-electron chi connectivity index (χ1n) is 7.05. The minimum atomic E-state index is -0.471. The Morgan fingerprint density at radius 3 is 2.76 bits per heavy atom. The maximum absolute atomic E-state index is 6.47. The van der Waals surface area contributed by atoms with Crippen molar-refractivity contribution >= 4 is 11.4 Å². The van der Waals surface area contributed by atoms with Crippen molar-refractivity contribution in [3.05, 3.63) is 54.6 Å². The van der Waals surface area contributed by atoms with Crippen molar-refractivity contribution in [2.45, 2.75) is 31.8 Å². The van der Waals surface area contributed by atoms with Gasteiger partial charge in [0.25, 0.3) is 0 Å². The van der Waals surface area contributed by atoms with Crippen LogP contribution in [-0.4, -0.2) is 26.5 Å². The van der Waals surface area contributed by atoms with Crippen molar-refractivity contribution < 1.29 is 0 Å². The van der Waals surface area contributed by atoms with Gasteiger partial charge in [0.05, 0.1) is 29.8 Å². The molecule has 2 aromatic rings. The first kappa shape index (κ1) is 13.7. The van der Waals surface area contributed by atoms with Crippen molar-refractivity contribution in [2.75, 3.05) is 0 Å². The Bertz CT molecular complexity index is 653. The molecule has 0 bridgehead atoms. The summed E-state index contributed by atoms with van der Waals surface area (Å²) in [5, 5.41) is 8.59. The van der Waals surface area contributed by atoms with Gasteiger partial charge in [-0.25, -0.2) is 4.98 Å². The van der Waals surface area contributed by atoms with E-state index in [9.17, 15) is 0 Å². The molecule has 0 saturated carbocycles. The highest BCUT2D eigenvalue weighted by atomic mass is 15.3. The average Bonchev–Trinajstić information content (AvgIpc) is 3.12. The third kappa shape index (κ3) is 3.25. The van der Waals surface area contributed by atoms with Crippen molar-refractivity contribution in [3.63, 3.8) is 0 Å². The summed E-state index contributed by atoms with van der Waals surface area (Å²) in [5.41, 5.74) is 9.18. The Hall–Kier alpha value is -2.27. The summed E-state index contributed by atoms with van der Waals surface area (Å²) in [7, 11) is 0. The predicted molar refractivity (Wildman–Crippen MR) is 84.5 cm³/mol. The summed E-state index contributed by atoms with van der Waals surface area (Å²) in [4.78, 5) is 4.03. The van der Waals surface area contributed by atoms with Gasteiger partial charge in [0.1, 0.15) is 0 Å². The molecular formula is C16H19N5. The lowest BCUT2D eigenvalue weighted by molar-refractivity contribution is 0.615. The van der Waals surface area contributed by atoms with E-state index in [1.807, 2.05) is 35.9 Å². The predicted octanol–water partition coefficient (Wildman–Crippen LogP) is 2.04. The van der Waals surface area contributed by atoms with E-state index >= 15 is 0 Å². The largest absolute Gasteiger partial charge is 0.332 e. The topological polar surface area (TPSA) is 68.6 Å². The molecule has 21 heavy (non-hydrogen) atoms. The molecule has 108 valence electrons. The quantitative estimate of drug-likeness (QED) is 0.911. The number of nitrogens with two attached hydrogens (primary N) is 1. The minimum Gasteiger partial charge on any atom is -0.332 e. The molecule has 0 saturated heterocycles. The van der Waals surface area contributed by atoms with E-state index in [-0.39, 0.29) is 0 Å². The van der Waals surface area contributed by atoms with Gasteiger partial charge in [-0.3, -0.25) is 0 Å². The zero-order valence-electron chi connectivity index (χ0n) is 12.1. The van der Waals surface area contributed by atoms with Crippen molar-refractivity contribution in [1.82, 2.24) is 9.55 Å². The van der Waals surface area contributed by atoms with Gasteiger partial charge in [-0.2, -0.15) is 10.2 Å². The summed E-state index contributed by atoms with van der Waals surface area (Å²) in [6.45, 7) is 2.74. The Kier molecular flexibility index (Phi) is 3.66. The Balaban J connectivity index is 1.63. The van der Waals surface area contributed by atoms with Crippen LogP contribution in [0.25, 0.3) is 0 Å². The second-order valence-electron chi connectivity index (χ2n) is 5.70. The summed E-state index contributed by atoms with van der Waals surface area (Å²) >= 11 is 0. The fraction of sp³-hybridized carbons (Fsp3) is 0.312. The fourth-order valence-corrected chi connectivity index (χ4v) is 2.51. The molecular weight excluding hydrogens is 262 g/mol. The van der Waals surface area contributed by atoms with Crippen LogP contribution in [0.1, 0.15) is 18.9 Å². The molecule has 0 aliphatic carbocycles.